The van der Waals surface area contributed by atoms with E-state index in [0.29, 0.717) is 58.5 Å². The molecular weight excluding hydrogens is 488 g/mol. The number of hydrogen-bond acceptors (Lipinski definition) is 9. The van der Waals surface area contributed by atoms with E-state index < -0.39 is 0 Å². The van der Waals surface area contributed by atoms with Crippen molar-refractivity contribution in [2.75, 3.05) is 41.7 Å². The molecule has 182 valence electrons. The van der Waals surface area contributed by atoms with Gasteiger partial charge < -0.3 is 15.5 Å². The first-order valence-electron chi connectivity index (χ1n) is 10.9. The number of hydrazine groups is 1. The molecule has 2 aromatic heterocycles. The Hall–Kier alpha value is -3.54. The molecule has 1 aromatic carbocycles. The number of benzene rings is 1. The largest absolute Gasteiger partial charge is 0.354 e. The Labute approximate surface area is 212 Å². The summed E-state index contributed by atoms with van der Waals surface area (Å²) in [7, 11) is 0. The number of carbonyl (C=O) groups excluding carboxylic acids is 2. The summed E-state index contributed by atoms with van der Waals surface area (Å²) in [6, 6.07) is 7.29. The lowest BCUT2D eigenvalue weighted by Crippen LogP contribution is -2.53. The molecule has 1 saturated heterocycles. The molecule has 1 fully saturated rings. The highest BCUT2D eigenvalue weighted by Crippen LogP contribution is 2.28. The Morgan fingerprint density at radius 2 is 1.94 bits per heavy atom. The topological polar surface area (TPSA) is 115 Å². The zero-order valence-electron chi connectivity index (χ0n) is 19.3. The highest BCUT2D eigenvalue weighted by molar-refractivity contribution is 7.17. The minimum absolute atomic E-state index is 0.221. The Kier molecular flexibility index (Phi) is 7.59. The predicted octanol–water partition coefficient (Wildman–Crippen LogP) is 3.54. The lowest BCUT2D eigenvalue weighted by atomic mass is 10.2. The summed E-state index contributed by atoms with van der Waals surface area (Å²) in [5.74, 6) is 1.46. The average molecular weight is 513 g/mol. The fraction of sp³-hybridized carbons (Fsp3) is 0.261. The molecule has 1 aliphatic heterocycles. The number of nitrogens with zero attached hydrogens (tertiary/aromatic N) is 5. The summed E-state index contributed by atoms with van der Waals surface area (Å²) in [4.78, 5) is 40.1. The van der Waals surface area contributed by atoms with Gasteiger partial charge in [-0.05, 0) is 31.6 Å². The van der Waals surface area contributed by atoms with E-state index in [1.165, 1.54) is 23.6 Å². The second kappa shape index (κ2) is 10.8. The van der Waals surface area contributed by atoms with Gasteiger partial charge in [0.15, 0.2) is 5.13 Å². The standard InChI is InChI=1S/C23H25ClN8O2S/c1-4-20(33)30-32-10-8-31(9-11-32)19-12-18(26-15(3)27-19)28-23-25-13-17(35-23)22(34)29-21-14(2)6-5-7-16(21)24/h4-7,12-13H,1,8-11H2,2-3H3,(H,29,34)(H,30,33)(H,25,26,27,28). The van der Waals surface area contributed by atoms with Crippen LogP contribution in [0, 0.1) is 13.8 Å². The molecule has 3 heterocycles. The molecule has 0 saturated carbocycles. The van der Waals surface area contributed by atoms with Crippen molar-refractivity contribution in [1.29, 1.82) is 0 Å². The number of hydrogen-bond donors (Lipinski definition) is 3. The van der Waals surface area contributed by atoms with Crippen molar-refractivity contribution < 1.29 is 9.59 Å². The number of aryl methyl sites for hydroxylation is 2. The number of anilines is 4. The number of amides is 2. The number of carbonyl (C=O) groups is 2. The Balaban J connectivity index is 1.41. The molecule has 2 amide bonds. The monoisotopic (exact) mass is 512 g/mol. The van der Waals surface area contributed by atoms with Gasteiger partial charge >= 0.3 is 0 Å². The maximum Gasteiger partial charge on any atom is 0.267 e. The van der Waals surface area contributed by atoms with Crippen molar-refractivity contribution in [3.8, 4) is 0 Å². The normalized spacial score (nSPS) is 13.9. The number of rotatable bonds is 7. The van der Waals surface area contributed by atoms with Gasteiger partial charge in [-0.2, -0.15) is 0 Å². The number of piperazine rings is 1. The SMILES string of the molecule is C=CC(=O)NN1CCN(c2cc(Nc3ncc(C(=O)Nc4c(C)cccc4Cl)s3)nc(C)n2)CC1. The van der Waals surface area contributed by atoms with Crippen LogP contribution in [0.1, 0.15) is 21.1 Å². The van der Waals surface area contributed by atoms with Gasteiger partial charge in [0, 0.05) is 32.2 Å². The Morgan fingerprint density at radius 3 is 2.66 bits per heavy atom. The first-order valence-corrected chi connectivity index (χ1v) is 12.1. The van der Waals surface area contributed by atoms with Crippen LogP contribution in [0.15, 0.2) is 43.1 Å². The van der Waals surface area contributed by atoms with E-state index in [4.69, 9.17) is 11.6 Å². The van der Waals surface area contributed by atoms with Gasteiger partial charge in [-0.25, -0.2) is 20.0 Å². The molecule has 4 rings (SSSR count). The number of aromatic nitrogens is 3. The summed E-state index contributed by atoms with van der Waals surface area (Å²) in [6.45, 7) is 9.87. The van der Waals surface area contributed by atoms with Crippen LogP contribution in [-0.4, -0.2) is 58.0 Å². The molecule has 1 aliphatic rings. The van der Waals surface area contributed by atoms with E-state index in [9.17, 15) is 9.59 Å². The minimum atomic E-state index is -0.285. The van der Waals surface area contributed by atoms with Gasteiger partial charge in [-0.1, -0.05) is 41.6 Å². The molecule has 0 spiro atoms. The van der Waals surface area contributed by atoms with Crippen molar-refractivity contribution in [2.45, 2.75) is 13.8 Å². The molecule has 3 aromatic rings. The molecule has 3 N–H and O–H groups in total. The van der Waals surface area contributed by atoms with Gasteiger partial charge in [0.2, 0.25) is 0 Å². The number of para-hydroxylation sites is 1. The molecule has 0 radical (unpaired) electrons. The van der Waals surface area contributed by atoms with E-state index in [2.05, 4.69) is 42.5 Å². The van der Waals surface area contributed by atoms with Crippen LogP contribution in [0.3, 0.4) is 0 Å². The van der Waals surface area contributed by atoms with Gasteiger partial charge in [0.1, 0.15) is 22.3 Å². The fourth-order valence-corrected chi connectivity index (χ4v) is 4.53. The third kappa shape index (κ3) is 6.13. The quantitative estimate of drug-likeness (QED) is 0.412. The summed E-state index contributed by atoms with van der Waals surface area (Å²) < 4.78 is 0. The summed E-state index contributed by atoms with van der Waals surface area (Å²) in [6.07, 6.45) is 2.77. The van der Waals surface area contributed by atoms with Gasteiger partial charge in [-0.15, -0.1) is 0 Å². The zero-order valence-corrected chi connectivity index (χ0v) is 20.9. The predicted molar refractivity (Wildman–Crippen MR) is 138 cm³/mol. The van der Waals surface area contributed by atoms with Crippen LogP contribution in [0.5, 0.6) is 0 Å². The Bertz CT molecular complexity index is 1240. The molecule has 12 heteroatoms. The highest BCUT2D eigenvalue weighted by Gasteiger charge is 2.20. The summed E-state index contributed by atoms with van der Waals surface area (Å²) >= 11 is 7.44. The second-order valence-corrected chi connectivity index (χ2v) is 9.29. The van der Waals surface area contributed by atoms with Gasteiger partial charge in [0.25, 0.3) is 11.8 Å². The third-order valence-electron chi connectivity index (χ3n) is 5.31. The average Bonchev–Trinajstić information content (AvgIpc) is 3.30. The number of halogens is 1. The van der Waals surface area contributed by atoms with Crippen molar-refractivity contribution in [1.82, 2.24) is 25.4 Å². The lowest BCUT2D eigenvalue weighted by molar-refractivity contribution is -0.121. The maximum atomic E-state index is 12.7. The van der Waals surface area contributed by atoms with Crippen LogP contribution < -0.4 is 21.0 Å². The number of nitrogens with one attached hydrogen (secondary N) is 3. The summed E-state index contributed by atoms with van der Waals surface area (Å²) in [5.41, 5.74) is 4.25. The van der Waals surface area contributed by atoms with E-state index in [-0.39, 0.29) is 11.8 Å². The van der Waals surface area contributed by atoms with Crippen LogP contribution in [0.2, 0.25) is 5.02 Å². The van der Waals surface area contributed by atoms with Crippen molar-refractivity contribution >= 4 is 57.2 Å². The van der Waals surface area contributed by atoms with E-state index in [1.807, 2.05) is 37.1 Å². The zero-order chi connectivity index (χ0) is 24.9. The molecule has 10 nitrogen and oxygen atoms in total. The van der Waals surface area contributed by atoms with E-state index in [0.717, 1.165) is 11.4 Å². The van der Waals surface area contributed by atoms with Gasteiger partial charge in [0.05, 0.1) is 16.9 Å². The summed E-state index contributed by atoms with van der Waals surface area (Å²) in [5, 5.41) is 8.91. The first kappa shape index (κ1) is 24.6. The van der Waals surface area contributed by atoms with Crippen LogP contribution >= 0.6 is 22.9 Å². The molecule has 0 atom stereocenters. The molecule has 0 unspecified atom stereocenters. The molecule has 35 heavy (non-hydrogen) atoms. The highest BCUT2D eigenvalue weighted by atomic mass is 35.5. The molecule has 0 bridgehead atoms. The lowest BCUT2D eigenvalue weighted by Gasteiger charge is -2.35. The smallest absolute Gasteiger partial charge is 0.267 e. The van der Waals surface area contributed by atoms with Crippen molar-refractivity contribution in [3.05, 3.63) is 64.4 Å². The van der Waals surface area contributed by atoms with Crippen LogP contribution in [0.25, 0.3) is 0 Å². The fourth-order valence-electron chi connectivity index (χ4n) is 3.54. The van der Waals surface area contributed by atoms with Crippen LogP contribution in [0.4, 0.5) is 22.5 Å². The first-order chi connectivity index (χ1) is 16.8. The molecular formula is C23H25ClN8O2S. The Morgan fingerprint density at radius 1 is 1.17 bits per heavy atom. The second-order valence-electron chi connectivity index (χ2n) is 7.85. The van der Waals surface area contributed by atoms with Crippen molar-refractivity contribution in [2.24, 2.45) is 0 Å². The van der Waals surface area contributed by atoms with Crippen LogP contribution in [-0.2, 0) is 4.79 Å². The minimum Gasteiger partial charge on any atom is -0.354 e. The van der Waals surface area contributed by atoms with E-state index >= 15 is 0 Å². The third-order valence-corrected chi connectivity index (χ3v) is 6.53. The van der Waals surface area contributed by atoms with Crippen molar-refractivity contribution in [3.63, 3.8) is 0 Å². The maximum absolute atomic E-state index is 12.7. The molecule has 0 aliphatic carbocycles. The number of thiazole rings is 1. The van der Waals surface area contributed by atoms with Gasteiger partial charge in [-0.3, -0.25) is 15.0 Å². The van der Waals surface area contributed by atoms with E-state index in [1.54, 1.807) is 6.07 Å².